The molecule has 0 radical (unpaired) electrons. The van der Waals surface area contributed by atoms with E-state index < -0.39 is 0 Å². The molecule has 6 heteroatoms. The molecule has 2 heterocycles. The van der Waals surface area contributed by atoms with Crippen LogP contribution in [-0.4, -0.2) is 47.5 Å². The molecule has 1 saturated heterocycles. The Kier molecular flexibility index (Phi) is 5.24. The van der Waals surface area contributed by atoms with Gasteiger partial charge in [-0.2, -0.15) is 4.98 Å². The van der Waals surface area contributed by atoms with Gasteiger partial charge in [-0.25, -0.2) is 0 Å². The van der Waals surface area contributed by atoms with Gasteiger partial charge in [0.25, 0.3) is 0 Å². The number of rotatable bonds is 5. The van der Waals surface area contributed by atoms with Crippen molar-refractivity contribution < 1.29 is 4.52 Å². The van der Waals surface area contributed by atoms with Gasteiger partial charge < -0.3 is 9.84 Å². The van der Waals surface area contributed by atoms with Gasteiger partial charge in [-0.15, -0.1) is 11.8 Å². The Morgan fingerprint density at radius 1 is 1.53 bits per heavy atom. The van der Waals surface area contributed by atoms with E-state index in [0.29, 0.717) is 11.2 Å². The number of likely N-dealkylation sites (N-methyl/N-ethyl adjacent to an activating group) is 1. The molecule has 1 aromatic heterocycles. The molecule has 0 aliphatic carbocycles. The maximum Gasteiger partial charge on any atom is 0.240 e. The summed E-state index contributed by atoms with van der Waals surface area (Å²) >= 11 is 1.87. The number of thioether (sulfide) groups is 1. The van der Waals surface area contributed by atoms with Crippen LogP contribution in [0.15, 0.2) is 4.52 Å². The average molecular weight is 284 g/mol. The fraction of sp³-hybridized carbons (Fsp3) is 0.846. The number of nitrogens with one attached hydrogen (secondary N) is 1. The summed E-state index contributed by atoms with van der Waals surface area (Å²) in [6.07, 6.45) is 0. The SMILES string of the molecule is CCSC(c1nc(C2CNCCN2C)no1)C(C)C. The Bertz CT molecular complexity index is 377. The van der Waals surface area contributed by atoms with E-state index in [9.17, 15) is 0 Å². The summed E-state index contributed by atoms with van der Waals surface area (Å²) in [5.41, 5.74) is 0. The van der Waals surface area contributed by atoms with Gasteiger partial charge >= 0.3 is 0 Å². The van der Waals surface area contributed by atoms with E-state index >= 15 is 0 Å². The summed E-state index contributed by atoms with van der Waals surface area (Å²) in [4.78, 5) is 6.92. The molecule has 19 heavy (non-hydrogen) atoms. The third kappa shape index (κ3) is 3.49. The lowest BCUT2D eigenvalue weighted by Crippen LogP contribution is -2.44. The van der Waals surface area contributed by atoms with Crippen molar-refractivity contribution >= 4 is 11.8 Å². The first-order chi connectivity index (χ1) is 9.13. The smallest absolute Gasteiger partial charge is 0.240 e. The molecule has 108 valence electrons. The van der Waals surface area contributed by atoms with Crippen molar-refractivity contribution in [1.29, 1.82) is 0 Å². The van der Waals surface area contributed by atoms with E-state index in [-0.39, 0.29) is 6.04 Å². The van der Waals surface area contributed by atoms with Crippen LogP contribution in [0.25, 0.3) is 0 Å². The van der Waals surface area contributed by atoms with Crippen LogP contribution in [0.2, 0.25) is 0 Å². The molecular formula is C13H24N4OS. The van der Waals surface area contributed by atoms with Crippen LogP contribution in [0.5, 0.6) is 0 Å². The normalized spacial score (nSPS) is 22.9. The Balaban J connectivity index is 2.12. The van der Waals surface area contributed by atoms with Crippen LogP contribution in [0, 0.1) is 5.92 Å². The van der Waals surface area contributed by atoms with Crippen molar-refractivity contribution in [3.05, 3.63) is 11.7 Å². The molecule has 1 fully saturated rings. The third-order valence-electron chi connectivity index (χ3n) is 3.46. The minimum Gasteiger partial charge on any atom is -0.338 e. The highest BCUT2D eigenvalue weighted by Gasteiger charge is 2.28. The van der Waals surface area contributed by atoms with Crippen molar-refractivity contribution in [1.82, 2.24) is 20.4 Å². The van der Waals surface area contributed by atoms with Gasteiger partial charge in [-0.1, -0.05) is 25.9 Å². The standard InChI is InChI=1S/C13H24N4OS/c1-5-19-11(9(2)3)13-15-12(16-18-13)10-8-14-6-7-17(10)4/h9-11,14H,5-8H2,1-4H3. The maximum absolute atomic E-state index is 5.51. The Morgan fingerprint density at radius 2 is 2.32 bits per heavy atom. The van der Waals surface area contributed by atoms with Crippen molar-refractivity contribution in [2.75, 3.05) is 32.4 Å². The number of hydrogen-bond acceptors (Lipinski definition) is 6. The van der Waals surface area contributed by atoms with Crippen molar-refractivity contribution in [2.24, 2.45) is 5.92 Å². The summed E-state index contributed by atoms with van der Waals surface area (Å²) in [5, 5.41) is 7.88. The highest BCUT2D eigenvalue weighted by atomic mass is 32.2. The second kappa shape index (κ2) is 6.72. The van der Waals surface area contributed by atoms with Gasteiger partial charge in [-0.05, 0) is 18.7 Å². The first-order valence-electron chi connectivity index (χ1n) is 6.99. The highest BCUT2D eigenvalue weighted by Crippen LogP contribution is 2.35. The van der Waals surface area contributed by atoms with Crippen LogP contribution < -0.4 is 5.32 Å². The molecule has 1 aliphatic rings. The summed E-state index contributed by atoms with van der Waals surface area (Å²) in [5.74, 6) is 3.15. The fourth-order valence-electron chi connectivity index (χ4n) is 2.32. The molecular weight excluding hydrogens is 260 g/mol. The quantitative estimate of drug-likeness (QED) is 0.893. The van der Waals surface area contributed by atoms with E-state index in [1.54, 1.807) is 0 Å². The average Bonchev–Trinajstić information content (AvgIpc) is 2.85. The van der Waals surface area contributed by atoms with E-state index in [2.05, 4.69) is 48.2 Å². The lowest BCUT2D eigenvalue weighted by molar-refractivity contribution is 0.190. The van der Waals surface area contributed by atoms with Gasteiger partial charge in [-0.3, -0.25) is 4.90 Å². The van der Waals surface area contributed by atoms with Crippen molar-refractivity contribution in [2.45, 2.75) is 32.1 Å². The van der Waals surface area contributed by atoms with Gasteiger partial charge in [0.2, 0.25) is 5.89 Å². The number of piperazine rings is 1. The first kappa shape index (κ1) is 14.8. The molecule has 2 rings (SSSR count). The first-order valence-corrected chi connectivity index (χ1v) is 8.04. The second-order valence-electron chi connectivity index (χ2n) is 5.31. The lowest BCUT2D eigenvalue weighted by atomic mass is 10.1. The summed E-state index contributed by atoms with van der Waals surface area (Å²) in [7, 11) is 2.11. The van der Waals surface area contributed by atoms with Crippen molar-refractivity contribution in [3.8, 4) is 0 Å². The van der Waals surface area contributed by atoms with Crippen LogP contribution in [-0.2, 0) is 0 Å². The second-order valence-corrected chi connectivity index (χ2v) is 6.73. The highest BCUT2D eigenvalue weighted by molar-refractivity contribution is 7.99. The zero-order valence-electron chi connectivity index (χ0n) is 12.2. The maximum atomic E-state index is 5.51. The fourth-order valence-corrected chi connectivity index (χ4v) is 3.30. The van der Waals surface area contributed by atoms with Gasteiger partial charge in [0.1, 0.15) is 0 Å². The van der Waals surface area contributed by atoms with E-state index in [4.69, 9.17) is 4.52 Å². The minimum atomic E-state index is 0.227. The summed E-state index contributed by atoms with van der Waals surface area (Å²) in [6.45, 7) is 9.50. The molecule has 0 aromatic carbocycles. The molecule has 0 amide bonds. The lowest BCUT2D eigenvalue weighted by Gasteiger charge is -2.30. The molecule has 1 aromatic rings. The predicted molar refractivity (Wildman–Crippen MR) is 78.2 cm³/mol. The van der Waals surface area contributed by atoms with Crippen molar-refractivity contribution in [3.63, 3.8) is 0 Å². The number of nitrogens with zero attached hydrogens (tertiary/aromatic N) is 3. The Hall–Kier alpha value is -0.590. The van der Waals surface area contributed by atoms with Crippen LogP contribution >= 0.6 is 11.8 Å². The van der Waals surface area contributed by atoms with Crippen LogP contribution in [0.3, 0.4) is 0 Å². The molecule has 1 aliphatic heterocycles. The van der Waals surface area contributed by atoms with Gasteiger partial charge in [0.05, 0.1) is 11.3 Å². The Morgan fingerprint density at radius 3 is 2.95 bits per heavy atom. The number of aromatic nitrogens is 2. The molecule has 0 spiro atoms. The molecule has 1 N–H and O–H groups in total. The van der Waals surface area contributed by atoms with Crippen LogP contribution in [0.4, 0.5) is 0 Å². The summed E-state index contributed by atoms with van der Waals surface area (Å²) in [6, 6.07) is 0.227. The number of hydrogen-bond donors (Lipinski definition) is 1. The van der Waals surface area contributed by atoms with E-state index in [0.717, 1.165) is 37.1 Å². The van der Waals surface area contributed by atoms with Crippen LogP contribution in [0.1, 0.15) is 43.8 Å². The topological polar surface area (TPSA) is 54.2 Å². The minimum absolute atomic E-state index is 0.227. The monoisotopic (exact) mass is 284 g/mol. The zero-order chi connectivity index (χ0) is 13.8. The molecule has 5 nitrogen and oxygen atoms in total. The summed E-state index contributed by atoms with van der Waals surface area (Å²) < 4.78 is 5.51. The van der Waals surface area contributed by atoms with Gasteiger partial charge in [0, 0.05) is 19.6 Å². The largest absolute Gasteiger partial charge is 0.338 e. The predicted octanol–water partition coefficient (Wildman–Crippen LogP) is 2.10. The van der Waals surface area contributed by atoms with Gasteiger partial charge in [0.15, 0.2) is 5.82 Å². The molecule has 0 bridgehead atoms. The third-order valence-corrected chi connectivity index (χ3v) is 4.90. The molecule has 0 saturated carbocycles. The molecule has 2 unspecified atom stereocenters. The molecule has 2 atom stereocenters. The Labute approximate surface area is 119 Å². The van der Waals surface area contributed by atoms with E-state index in [1.807, 2.05) is 11.8 Å². The zero-order valence-corrected chi connectivity index (χ0v) is 13.0. The van der Waals surface area contributed by atoms with E-state index in [1.165, 1.54) is 0 Å².